The zero-order valence-electron chi connectivity index (χ0n) is 7.36. The smallest absolute Gasteiger partial charge is 0.355 e. The van der Waals surface area contributed by atoms with Crippen LogP contribution in [0.4, 0.5) is 0 Å². The third-order valence-corrected chi connectivity index (χ3v) is 1.71. The molecule has 0 aromatic rings. The molecular formula is C7H10N2O4. The van der Waals surface area contributed by atoms with Crippen LogP contribution in [0.25, 0.3) is 0 Å². The molecule has 1 heterocycles. The van der Waals surface area contributed by atoms with Crippen molar-refractivity contribution in [3.63, 3.8) is 0 Å². The predicted octanol–water partition coefficient (Wildman–Crippen LogP) is -1.09. The lowest BCUT2D eigenvalue weighted by atomic mass is 10.1. The van der Waals surface area contributed by atoms with Gasteiger partial charge in [0.15, 0.2) is 5.71 Å². The SMILES string of the molecule is COC(=O)C1=NNC[C@H]1C(=O)OC. The summed E-state index contributed by atoms with van der Waals surface area (Å²) in [6, 6.07) is 0. The average Bonchev–Trinajstić information content (AvgIpc) is 2.63. The van der Waals surface area contributed by atoms with E-state index < -0.39 is 17.9 Å². The number of methoxy groups -OCH3 is 2. The molecule has 0 saturated heterocycles. The van der Waals surface area contributed by atoms with E-state index in [2.05, 4.69) is 20.0 Å². The second kappa shape index (κ2) is 3.88. The molecule has 72 valence electrons. The van der Waals surface area contributed by atoms with E-state index in [1.165, 1.54) is 14.2 Å². The van der Waals surface area contributed by atoms with Crippen molar-refractivity contribution in [2.45, 2.75) is 0 Å². The fraction of sp³-hybridized carbons (Fsp3) is 0.571. The number of carbonyl (C=O) groups is 2. The molecule has 0 aliphatic carbocycles. The van der Waals surface area contributed by atoms with Crippen LogP contribution in [-0.2, 0) is 19.1 Å². The summed E-state index contributed by atoms with van der Waals surface area (Å²) in [5, 5.41) is 3.65. The number of nitrogens with zero attached hydrogens (tertiary/aromatic N) is 1. The Morgan fingerprint density at radius 3 is 2.69 bits per heavy atom. The minimum absolute atomic E-state index is 0.0642. The van der Waals surface area contributed by atoms with Gasteiger partial charge >= 0.3 is 11.9 Å². The molecule has 0 radical (unpaired) electrons. The average molecular weight is 186 g/mol. The highest BCUT2D eigenvalue weighted by molar-refractivity contribution is 6.41. The monoisotopic (exact) mass is 186 g/mol. The molecule has 6 heteroatoms. The Bertz CT molecular complexity index is 261. The zero-order chi connectivity index (χ0) is 9.84. The molecule has 0 fully saturated rings. The van der Waals surface area contributed by atoms with Crippen molar-refractivity contribution in [3.8, 4) is 0 Å². The summed E-state index contributed by atoms with van der Waals surface area (Å²) in [5.41, 5.74) is 2.60. The van der Waals surface area contributed by atoms with Crippen LogP contribution in [-0.4, -0.2) is 38.4 Å². The summed E-state index contributed by atoms with van der Waals surface area (Å²) in [5.74, 6) is -1.76. The molecule has 0 aromatic carbocycles. The van der Waals surface area contributed by atoms with Crippen LogP contribution >= 0.6 is 0 Å². The van der Waals surface area contributed by atoms with E-state index in [9.17, 15) is 9.59 Å². The molecule has 0 aromatic heterocycles. The van der Waals surface area contributed by atoms with Crippen molar-refractivity contribution in [2.75, 3.05) is 20.8 Å². The van der Waals surface area contributed by atoms with E-state index in [1.54, 1.807) is 0 Å². The predicted molar refractivity (Wildman–Crippen MR) is 43.0 cm³/mol. The molecule has 1 aliphatic heterocycles. The summed E-state index contributed by atoms with van der Waals surface area (Å²) in [4.78, 5) is 22.1. The first-order valence-electron chi connectivity index (χ1n) is 3.67. The van der Waals surface area contributed by atoms with Crippen molar-refractivity contribution in [2.24, 2.45) is 11.0 Å². The number of esters is 2. The molecule has 1 rings (SSSR count). The first kappa shape index (κ1) is 9.50. The Hall–Kier alpha value is -1.59. The molecule has 0 amide bonds. The Kier molecular flexibility index (Phi) is 2.84. The second-order valence-corrected chi connectivity index (χ2v) is 2.43. The Morgan fingerprint density at radius 2 is 2.15 bits per heavy atom. The van der Waals surface area contributed by atoms with Crippen LogP contribution in [0.1, 0.15) is 0 Å². The molecule has 1 N–H and O–H groups in total. The summed E-state index contributed by atoms with van der Waals surface area (Å²) in [6.07, 6.45) is 0. The minimum atomic E-state index is -0.655. The highest BCUT2D eigenvalue weighted by atomic mass is 16.5. The topological polar surface area (TPSA) is 77.0 Å². The normalized spacial score (nSPS) is 20.2. The van der Waals surface area contributed by atoms with Crippen LogP contribution in [0.15, 0.2) is 5.10 Å². The maximum Gasteiger partial charge on any atom is 0.355 e. The Morgan fingerprint density at radius 1 is 1.46 bits per heavy atom. The molecule has 6 nitrogen and oxygen atoms in total. The van der Waals surface area contributed by atoms with E-state index in [1.807, 2.05) is 0 Å². The zero-order valence-corrected chi connectivity index (χ0v) is 7.36. The number of carbonyl (C=O) groups excluding carboxylic acids is 2. The summed E-state index contributed by atoms with van der Waals surface area (Å²) < 4.78 is 8.93. The third-order valence-electron chi connectivity index (χ3n) is 1.71. The summed E-state index contributed by atoms with van der Waals surface area (Å²) in [7, 11) is 2.49. The Labute approximate surface area is 74.9 Å². The molecule has 0 bridgehead atoms. The fourth-order valence-electron chi connectivity index (χ4n) is 1.03. The maximum absolute atomic E-state index is 11.1. The largest absolute Gasteiger partial charge is 0.468 e. The van der Waals surface area contributed by atoms with Crippen molar-refractivity contribution >= 4 is 17.7 Å². The highest BCUT2D eigenvalue weighted by Gasteiger charge is 2.34. The standard InChI is InChI=1S/C7H10N2O4/c1-12-6(10)4-3-8-9-5(4)7(11)13-2/h4,8H,3H2,1-2H3/t4-/m1/s1. The lowest BCUT2D eigenvalue weighted by Crippen LogP contribution is -2.31. The van der Waals surface area contributed by atoms with Gasteiger partial charge in [0, 0.05) is 0 Å². The summed E-state index contributed by atoms with van der Waals surface area (Å²) >= 11 is 0. The minimum Gasteiger partial charge on any atom is -0.468 e. The van der Waals surface area contributed by atoms with Gasteiger partial charge in [-0.15, -0.1) is 0 Å². The van der Waals surface area contributed by atoms with Gasteiger partial charge in [-0.3, -0.25) is 4.79 Å². The van der Waals surface area contributed by atoms with E-state index >= 15 is 0 Å². The number of nitrogens with one attached hydrogen (secondary N) is 1. The maximum atomic E-state index is 11.1. The number of ether oxygens (including phenoxy) is 2. The first-order chi connectivity index (χ1) is 6.20. The highest BCUT2D eigenvalue weighted by Crippen LogP contribution is 2.08. The van der Waals surface area contributed by atoms with Gasteiger partial charge in [-0.1, -0.05) is 0 Å². The van der Waals surface area contributed by atoms with Crippen molar-refractivity contribution in [1.82, 2.24) is 5.43 Å². The molecule has 0 spiro atoms. The molecule has 0 unspecified atom stereocenters. The van der Waals surface area contributed by atoms with E-state index in [0.717, 1.165) is 0 Å². The van der Waals surface area contributed by atoms with E-state index in [-0.39, 0.29) is 12.3 Å². The lowest BCUT2D eigenvalue weighted by molar-refractivity contribution is -0.144. The van der Waals surface area contributed by atoms with Crippen LogP contribution in [0, 0.1) is 5.92 Å². The molecule has 0 saturated carbocycles. The second-order valence-electron chi connectivity index (χ2n) is 2.43. The van der Waals surface area contributed by atoms with E-state index in [4.69, 9.17) is 0 Å². The molecular weight excluding hydrogens is 176 g/mol. The lowest BCUT2D eigenvalue weighted by Gasteiger charge is -2.06. The number of hydrazone groups is 1. The summed E-state index contributed by atoms with van der Waals surface area (Å²) in [6.45, 7) is 0.275. The quantitative estimate of drug-likeness (QED) is 0.554. The van der Waals surface area contributed by atoms with E-state index in [0.29, 0.717) is 0 Å². The van der Waals surface area contributed by atoms with Crippen LogP contribution in [0.2, 0.25) is 0 Å². The van der Waals surface area contributed by atoms with Crippen molar-refractivity contribution in [1.29, 1.82) is 0 Å². The number of rotatable bonds is 2. The van der Waals surface area contributed by atoms with Gasteiger partial charge in [-0.2, -0.15) is 5.10 Å². The van der Waals surface area contributed by atoms with Crippen LogP contribution in [0.5, 0.6) is 0 Å². The molecule has 1 aliphatic rings. The van der Waals surface area contributed by atoms with Gasteiger partial charge in [0.2, 0.25) is 0 Å². The van der Waals surface area contributed by atoms with Crippen molar-refractivity contribution < 1.29 is 19.1 Å². The van der Waals surface area contributed by atoms with Gasteiger partial charge in [0.05, 0.1) is 20.8 Å². The first-order valence-corrected chi connectivity index (χ1v) is 3.67. The number of hydrogen-bond donors (Lipinski definition) is 1. The van der Waals surface area contributed by atoms with Gasteiger partial charge < -0.3 is 14.9 Å². The van der Waals surface area contributed by atoms with Gasteiger partial charge in [0.25, 0.3) is 0 Å². The fourth-order valence-corrected chi connectivity index (χ4v) is 1.03. The molecule has 1 atom stereocenters. The van der Waals surface area contributed by atoms with Crippen LogP contribution in [0.3, 0.4) is 0 Å². The van der Waals surface area contributed by atoms with Crippen LogP contribution < -0.4 is 5.43 Å². The molecule has 13 heavy (non-hydrogen) atoms. The number of hydrogen-bond acceptors (Lipinski definition) is 6. The van der Waals surface area contributed by atoms with Gasteiger partial charge in [0.1, 0.15) is 5.92 Å². The van der Waals surface area contributed by atoms with Gasteiger partial charge in [-0.25, -0.2) is 4.79 Å². The third kappa shape index (κ3) is 1.77. The van der Waals surface area contributed by atoms with Crippen molar-refractivity contribution in [3.05, 3.63) is 0 Å². The Balaban J connectivity index is 2.73. The van der Waals surface area contributed by atoms with Gasteiger partial charge in [-0.05, 0) is 0 Å².